The molecule has 0 spiro atoms. The molecule has 192 valence electrons. The highest BCUT2D eigenvalue weighted by Crippen LogP contribution is 2.34. The van der Waals surface area contributed by atoms with Gasteiger partial charge in [-0.15, -0.1) is 0 Å². The third-order valence-corrected chi connectivity index (χ3v) is 6.97. The molecule has 2 heterocycles. The van der Waals surface area contributed by atoms with Gasteiger partial charge in [-0.2, -0.15) is 9.78 Å². The Balaban J connectivity index is 1.80. The van der Waals surface area contributed by atoms with Gasteiger partial charge in [0, 0.05) is 29.1 Å². The fourth-order valence-electron chi connectivity index (χ4n) is 5.05. The summed E-state index contributed by atoms with van der Waals surface area (Å²) in [5.41, 5.74) is 5.41. The highest BCUT2D eigenvalue weighted by atomic mass is 16.5. The van der Waals surface area contributed by atoms with Crippen LogP contribution in [0.2, 0.25) is 0 Å². The zero-order chi connectivity index (χ0) is 27.1. The molecule has 7 heteroatoms. The van der Waals surface area contributed by atoms with Crippen molar-refractivity contribution in [3.63, 3.8) is 0 Å². The Morgan fingerprint density at radius 1 is 1.03 bits per heavy atom. The topological polar surface area (TPSA) is 78.5 Å². The number of aryl methyl sites for hydroxylation is 1. The number of methoxy groups -OCH3 is 1. The Morgan fingerprint density at radius 3 is 2.39 bits per heavy atom. The lowest BCUT2D eigenvalue weighted by atomic mass is 9.96. The van der Waals surface area contributed by atoms with E-state index >= 15 is 0 Å². The van der Waals surface area contributed by atoms with Gasteiger partial charge in [0.2, 0.25) is 5.91 Å². The van der Waals surface area contributed by atoms with E-state index in [0.29, 0.717) is 16.7 Å². The number of fused-ring (bicyclic) bond motifs is 2. The van der Waals surface area contributed by atoms with E-state index in [1.54, 1.807) is 24.0 Å². The van der Waals surface area contributed by atoms with Crippen LogP contribution in [0.25, 0.3) is 33.2 Å². The van der Waals surface area contributed by atoms with E-state index in [2.05, 4.69) is 13.8 Å². The zero-order valence-electron chi connectivity index (χ0n) is 22.4. The summed E-state index contributed by atoms with van der Waals surface area (Å²) < 4.78 is 8.67. The lowest BCUT2D eigenvalue weighted by Crippen LogP contribution is -2.21. The van der Waals surface area contributed by atoms with E-state index in [4.69, 9.17) is 14.8 Å². The van der Waals surface area contributed by atoms with Gasteiger partial charge >= 0.3 is 0 Å². The predicted molar refractivity (Wildman–Crippen MR) is 153 cm³/mol. The minimum absolute atomic E-state index is 0.0846. The average Bonchev–Trinajstić information content (AvgIpc) is 3.18. The van der Waals surface area contributed by atoms with Gasteiger partial charge in [-0.1, -0.05) is 44.2 Å². The smallest absolute Gasteiger partial charge is 0.282 e. The van der Waals surface area contributed by atoms with Gasteiger partial charge in [0.1, 0.15) is 5.75 Å². The molecule has 3 aromatic carbocycles. The van der Waals surface area contributed by atoms with Crippen LogP contribution < -0.4 is 10.3 Å². The molecule has 0 radical (unpaired) electrons. The number of hydrogen-bond donors (Lipinski definition) is 0. The van der Waals surface area contributed by atoms with Crippen LogP contribution >= 0.6 is 0 Å². The van der Waals surface area contributed by atoms with Crippen molar-refractivity contribution >= 4 is 33.9 Å². The Labute approximate surface area is 221 Å². The molecular weight excluding hydrogens is 476 g/mol. The molecule has 5 aromatic rings. The van der Waals surface area contributed by atoms with E-state index in [-0.39, 0.29) is 17.4 Å². The molecule has 0 aliphatic rings. The van der Waals surface area contributed by atoms with E-state index in [1.165, 1.54) is 11.6 Å². The number of hydrogen-bond acceptors (Lipinski definition) is 5. The van der Waals surface area contributed by atoms with Crippen LogP contribution in [0.4, 0.5) is 0 Å². The van der Waals surface area contributed by atoms with Crippen LogP contribution in [-0.2, 0) is 0 Å². The van der Waals surface area contributed by atoms with E-state index in [0.717, 1.165) is 44.6 Å². The van der Waals surface area contributed by atoms with Crippen molar-refractivity contribution in [3.8, 4) is 17.1 Å². The number of nitrogens with zero attached hydrogens (tertiary/aromatic N) is 4. The molecule has 0 saturated heterocycles. The van der Waals surface area contributed by atoms with Crippen molar-refractivity contribution in [2.24, 2.45) is 5.10 Å². The van der Waals surface area contributed by atoms with Crippen molar-refractivity contribution < 1.29 is 9.53 Å². The van der Waals surface area contributed by atoms with Crippen molar-refractivity contribution in [3.05, 3.63) is 93.4 Å². The van der Waals surface area contributed by atoms with E-state index < -0.39 is 0 Å². The Hall–Kier alpha value is -4.52. The summed E-state index contributed by atoms with van der Waals surface area (Å²) in [6.07, 6.45) is 1.65. The molecule has 0 amide bonds. The van der Waals surface area contributed by atoms with E-state index in [1.807, 2.05) is 68.4 Å². The average molecular weight is 507 g/mol. The number of aromatic nitrogens is 3. The van der Waals surface area contributed by atoms with Gasteiger partial charge in [0.25, 0.3) is 5.56 Å². The molecule has 0 bridgehead atoms. The predicted octanol–water partition coefficient (Wildman–Crippen LogP) is 6.31. The third kappa shape index (κ3) is 4.10. The summed E-state index contributed by atoms with van der Waals surface area (Å²) in [7, 11) is 1.66. The number of carbonyl (C=O) groups excluding carboxylic acids is 1. The van der Waals surface area contributed by atoms with Crippen molar-refractivity contribution in [2.45, 2.75) is 40.5 Å². The first kappa shape index (κ1) is 25.1. The second-order valence-corrected chi connectivity index (χ2v) is 9.75. The van der Waals surface area contributed by atoms with Crippen LogP contribution in [-0.4, -0.2) is 33.5 Å². The molecule has 0 fully saturated rings. The second-order valence-electron chi connectivity index (χ2n) is 9.75. The van der Waals surface area contributed by atoms with Crippen LogP contribution in [0.15, 0.2) is 70.6 Å². The Bertz CT molecular complexity index is 1810. The normalized spacial score (nSPS) is 11.8. The molecule has 0 N–H and O–H groups in total. The molecule has 0 unspecified atom stereocenters. The molecule has 0 atom stereocenters. The highest BCUT2D eigenvalue weighted by Gasteiger charge is 2.19. The summed E-state index contributed by atoms with van der Waals surface area (Å²) in [4.78, 5) is 31.1. The number of carbonyl (C=O) groups is 1. The molecule has 2 aromatic heterocycles. The second kappa shape index (κ2) is 9.74. The first-order chi connectivity index (χ1) is 18.2. The Kier molecular flexibility index (Phi) is 6.45. The van der Waals surface area contributed by atoms with E-state index in [9.17, 15) is 9.59 Å². The first-order valence-corrected chi connectivity index (χ1v) is 12.6. The minimum Gasteiger partial charge on any atom is -0.496 e. The molecule has 0 saturated carbocycles. The highest BCUT2D eigenvalue weighted by molar-refractivity contribution is 6.05. The summed E-state index contributed by atoms with van der Waals surface area (Å²) in [5, 5.41) is 6.07. The fourth-order valence-corrected chi connectivity index (χ4v) is 5.05. The number of ether oxygens (including phenoxy) is 1. The maximum Gasteiger partial charge on any atom is 0.282 e. The SMILES string of the molecule is COc1cc(C)c(-c2nc3ccccc3c(=O)n2N=Cc2c(C)n(C(C)=O)c3ccccc23)cc1C(C)C. The van der Waals surface area contributed by atoms with Crippen molar-refractivity contribution in [1.82, 2.24) is 14.2 Å². The van der Waals surface area contributed by atoms with Gasteiger partial charge in [-0.05, 0) is 61.2 Å². The summed E-state index contributed by atoms with van der Waals surface area (Å²) in [6, 6.07) is 19.0. The van der Waals surface area contributed by atoms with Gasteiger partial charge in [-0.25, -0.2) is 4.98 Å². The van der Waals surface area contributed by atoms with Crippen molar-refractivity contribution in [2.75, 3.05) is 7.11 Å². The lowest BCUT2D eigenvalue weighted by Gasteiger charge is -2.17. The molecule has 38 heavy (non-hydrogen) atoms. The first-order valence-electron chi connectivity index (χ1n) is 12.6. The molecule has 7 nitrogen and oxygen atoms in total. The van der Waals surface area contributed by atoms with Crippen LogP contribution in [0.3, 0.4) is 0 Å². The molecular formula is C31H30N4O3. The quantitative estimate of drug-likeness (QED) is 0.262. The monoisotopic (exact) mass is 506 g/mol. The molecule has 0 aliphatic heterocycles. The van der Waals surface area contributed by atoms with Gasteiger partial charge in [-0.3, -0.25) is 14.2 Å². The summed E-state index contributed by atoms with van der Waals surface area (Å²) in [5.74, 6) is 1.36. The van der Waals surface area contributed by atoms with Crippen molar-refractivity contribution in [1.29, 1.82) is 0 Å². The number of rotatable bonds is 5. The fraction of sp³-hybridized carbons (Fsp3) is 0.226. The molecule has 0 aliphatic carbocycles. The third-order valence-electron chi connectivity index (χ3n) is 6.97. The van der Waals surface area contributed by atoms with Gasteiger partial charge in [0.15, 0.2) is 5.82 Å². The number of benzene rings is 3. The van der Waals surface area contributed by atoms with Crippen LogP contribution in [0.1, 0.15) is 53.9 Å². The molecule has 5 rings (SSSR count). The summed E-state index contributed by atoms with van der Waals surface area (Å²) >= 11 is 0. The van der Waals surface area contributed by atoms with Crippen LogP contribution in [0, 0.1) is 13.8 Å². The maximum atomic E-state index is 13.8. The minimum atomic E-state index is -0.267. The zero-order valence-corrected chi connectivity index (χ0v) is 22.4. The van der Waals surface area contributed by atoms with Gasteiger partial charge < -0.3 is 4.74 Å². The van der Waals surface area contributed by atoms with Crippen LogP contribution in [0.5, 0.6) is 5.75 Å². The Morgan fingerprint density at radius 2 is 1.71 bits per heavy atom. The van der Waals surface area contributed by atoms with Gasteiger partial charge in [0.05, 0.1) is 29.7 Å². The number of para-hydroxylation sites is 2. The standard InChI is InChI=1S/C31H30N4O3/c1-18(2)24-16-25(19(3)15-29(24)38-6)30-33-27-13-9-7-12-23(27)31(37)35(30)32-17-26-20(4)34(21(5)36)28-14-10-8-11-22(26)28/h7-18H,1-6H3. The lowest BCUT2D eigenvalue weighted by molar-refractivity contribution is 0.0939. The summed E-state index contributed by atoms with van der Waals surface area (Å²) in [6.45, 7) is 9.59. The largest absolute Gasteiger partial charge is 0.496 e. The maximum absolute atomic E-state index is 13.8.